The molecule has 0 amide bonds. The lowest BCUT2D eigenvalue weighted by atomic mass is 9.89. The van der Waals surface area contributed by atoms with E-state index in [1.54, 1.807) is 12.3 Å². The Morgan fingerprint density at radius 3 is 2.64 bits per heavy atom. The molecule has 1 aromatic rings. The van der Waals surface area contributed by atoms with E-state index >= 15 is 0 Å². The Hall–Kier alpha value is -1.25. The minimum Gasteiger partial charge on any atom is -0.292 e. The van der Waals surface area contributed by atoms with Crippen molar-refractivity contribution in [1.29, 1.82) is 0 Å². The first-order chi connectivity index (χ1) is 6.49. The van der Waals surface area contributed by atoms with Gasteiger partial charge < -0.3 is 0 Å². The zero-order valence-electron chi connectivity index (χ0n) is 8.95. The highest BCUT2D eigenvalue weighted by atomic mass is 16.1. The average molecular weight is 192 g/mol. The van der Waals surface area contributed by atoms with E-state index in [1.165, 1.54) is 6.33 Å². The van der Waals surface area contributed by atoms with Crippen LogP contribution in [0, 0.1) is 5.41 Å². The summed E-state index contributed by atoms with van der Waals surface area (Å²) in [6, 6.07) is 1.66. The van der Waals surface area contributed by atoms with Crippen LogP contribution >= 0.6 is 0 Å². The van der Waals surface area contributed by atoms with Crippen LogP contribution < -0.4 is 0 Å². The van der Waals surface area contributed by atoms with E-state index in [0.717, 1.165) is 6.42 Å². The second-order valence-corrected chi connectivity index (χ2v) is 4.58. The van der Waals surface area contributed by atoms with Gasteiger partial charge in [0.1, 0.15) is 12.0 Å². The molecule has 3 nitrogen and oxygen atoms in total. The average Bonchev–Trinajstić information content (AvgIpc) is 2.14. The quantitative estimate of drug-likeness (QED) is 0.691. The van der Waals surface area contributed by atoms with Crippen LogP contribution in [0.25, 0.3) is 0 Å². The van der Waals surface area contributed by atoms with Crippen LogP contribution in [0.2, 0.25) is 0 Å². The molecule has 0 radical (unpaired) electrons. The molecule has 0 aliphatic rings. The third kappa shape index (κ3) is 3.64. The summed E-state index contributed by atoms with van der Waals surface area (Å²) in [5.74, 6) is 0.0994. The first-order valence-corrected chi connectivity index (χ1v) is 4.78. The largest absolute Gasteiger partial charge is 0.292 e. The minimum absolute atomic E-state index is 0.0994. The van der Waals surface area contributed by atoms with E-state index in [0.29, 0.717) is 12.1 Å². The Balaban J connectivity index is 2.52. The zero-order valence-corrected chi connectivity index (χ0v) is 8.95. The summed E-state index contributed by atoms with van der Waals surface area (Å²) in [5, 5.41) is 0. The molecule has 0 spiro atoms. The molecular weight excluding hydrogens is 176 g/mol. The van der Waals surface area contributed by atoms with Crippen LogP contribution in [0.4, 0.5) is 0 Å². The van der Waals surface area contributed by atoms with Crippen molar-refractivity contribution < 1.29 is 4.79 Å². The molecular formula is C11H16N2O. The molecule has 0 bridgehead atoms. The lowest BCUT2D eigenvalue weighted by Gasteiger charge is -2.16. The first kappa shape index (κ1) is 10.8. The van der Waals surface area contributed by atoms with E-state index in [4.69, 9.17) is 0 Å². The molecule has 76 valence electrons. The Kier molecular flexibility index (Phi) is 3.33. The second kappa shape index (κ2) is 4.31. The topological polar surface area (TPSA) is 42.9 Å². The molecule has 0 aliphatic carbocycles. The van der Waals surface area contributed by atoms with Crippen molar-refractivity contribution in [2.75, 3.05) is 0 Å². The van der Waals surface area contributed by atoms with E-state index in [2.05, 4.69) is 30.7 Å². The number of carbonyl (C=O) groups excluding carboxylic acids is 1. The van der Waals surface area contributed by atoms with Crippen LogP contribution in [0.3, 0.4) is 0 Å². The molecule has 0 saturated heterocycles. The highest BCUT2D eigenvalue weighted by molar-refractivity contribution is 5.93. The fourth-order valence-electron chi connectivity index (χ4n) is 1.07. The van der Waals surface area contributed by atoms with Gasteiger partial charge in [-0.05, 0) is 17.9 Å². The predicted molar refractivity (Wildman–Crippen MR) is 55.1 cm³/mol. The molecule has 0 aliphatic heterocycles. The molecule has 0 aromatic carbocycles. The lowest BCUT2D eigenvalue weighted by Crippen LogP contribution is -2.10. The van der Waals surface area contributed by atoms with E-state index in [-0.39, 0.29) is 11.2 Å². The fraction of sp³-hybridized carbons (Fsp3) is 0.545. The fourth-order valence-corrected chi connectivity index (χ4v) is 1.07. The third-order valence-electron chi connectivity index (χ3n) is 1.97. The molecule has 1 aromatic heterocycles. The summed E-state index contributed by atoms with van der Waals surface area (Å²) < 4.78 is 0. The third-order valence-corrected chi connectivity index (χ3v) is 1.97. The summed E-state index contributed by atoms with van der Waals surface area (Å²) in [5.41, 5.74) is 0.715. The normalized spacial score (nSPS) is 11.4. The number of rotatable bonds is 3. The highest BCUT2D eigenvalue weighted by Gasteiger charge is 2.14. The predicted octanol–water partition coefficient (Wildman–Crippen LogP) is 2.49. The van der Waals surface area contributed by atoms with Gasteiger partial charge in [-0.25, -0.2) is 9.97 Å². The van der Waals surface area contributed by atoms with Gasteiger partial charge in [-0.15, -0.1) is 0 Å². The SMILES string of the molecule is CC(C)(C)CCC(=O)c1ccncn1. The van der Waals surface area contributed by atoms with Crippen LogP contribution in [0.5, 0.6) is 0 Å². The number of hydrogen-bond donors (Lipinski definition) is 0. The van der Waals surface area contributed by atoms with Crippen LogP contribution in [0.1, 0.15) is 44.1 Å². The number of hydrogen-bond acceptors (Lipinski definition) is 3. The number of aromatic nitrogens is 2. The van der Waals surface area contributed by atoms with Crippen LogP contribution in [-0.4, -0.2) is 15.8 Å². The van der Waals surface area contributed by atoms with Gasteiger partial charge in [0, 0.05) is 12.6 Å². The summed E-state index contributed by atoms with van der Waals surface area (Å²) in [6.07, 6.45) is 4.44. The van der Waals surface area contributed by atoms with Gasteiger partial charge in [-0.3, -0.25) is 4.79 Å². The molecule has 0 saturated carbocycles. The summed E-state index contributed by atoms with van der Waals surface area (Å²) in [6.45, 7) is 6.38. The van der Waals surface area contributed by atoms with Gasteiger partial charge in [-0.1, -0.05) is 20.8 Å². The summed E-state index contributed by atoms with van der Waals surface area (Å²) in [7, 11) is 0. The smallest absolute Gasteiger partial charge is 0.181 e. The maximum absolute atomic E-state index is 11.6. The van der Waals surface area contributed by atoms with Crippen molar-refractivity contribution >= 4 is 5.78 Å². The molecule has 1 heterocycles. The number of carbonyl (C=O) groups is 1. The molecule has 14 heavy (non-hydrogen) atoms. The van der Waals surface area contributed by atoms with Gasteiger partial charge >= 0.3 is 0 Å². The number of ketones is 1. The van der Waals surface area contributed by atoms with Crippen molar-refractivity contribution in [1.82, 2.24) is 9.97 Å². The molecule has 0 atom stereocenters. The maximum Gasteiger partial charge on any atom is 0.181 e. The van der Waals surface area contributed by atoms with Crippen molar-refractivity contribution in [2.45, 2.75) is 33.6 Å². The van der Waals surface area contributed by atoms with Gasteiger partial charge in [0.2, 0.25) is 0 Å². The highest BCUT2D eigenvalue weighted by Crippen LogP contribution is 2.21. The molecule has 3 heteroatoms. The van der Waals surface area contributed by atoms with Crippen LogP contribution in [-0.2, 0) is 0 Å². The van der Waals surface area contributed by atoms with Gasteiger partial charge in [0.25, 0.3) is 0 Å². The second-order valence-electron chi connectivity index (χ2n) is 4.58. The Morgan fingerprint density at radius 1 is 1.43 bits per heavy atom. The first-order valence-electron chi connectivity index (χ1n) is 4.78. The Labute approximate surface area is 84.6 Å². The summed E-state index contributed by atoms with van der Waals surface area (Å²) >= 11 is 0. The summed E-state index contributed by atoms with van der Waals surface area (Å²) in [4.78, 5) is 19.3. The number of Topliss-reactive ketones (excluding diaryl/α,β-unsaturated/α-hetero) is 1. The Morgan fingerprint density at radius 2 is 2.14 bits per heavy atom. The Bertz CT molecular complexity index is 301. The molecule has 1 rings (SSSR count). The number of nitrogens with zero attached hydrogens (tertiary/aromatic N) is 2. The van der Waals surface area contributed by atoms with Crippen molar-refractivity contribution in [3.8, 4) is 0 Å². The maximum atomic E-state index is 11.6. The lowest BCUT2D eigenvalue weighted by molar-refractivity contribution is 0.0961. The van der Waals surface area contributed by atoms with Gasteiger partial charge in [0.05, 0.1) is 0 Å². The van der Waals surface area contributed by atoms with Crippen molar-refractivity contribution in [2.24, 2.45) is 5.41 Å². The van der Waals surface area contributed by atoms with E-state index < -0.39 is 0 Å². The zero-order chi connectivity index (χ0) is 10.6. The minimum atomic E-state index is 0.0994. The van der Waals surface area contributed by atoms with Gasteiger partial charge in [0.15, 0.2) is 5.78 Å². The van der Waals surface area contributed by atoms with Crippen LogP contribution in [0.15, 0.2) is 18.6 Å². The molecule has 0 unspecified atom stereocenters. The van der Waals surface area contributed by atoms with Gasteiger partial charge in [-0.2, -0.15) is 0 Å². The van der Waals surface area contributed by atoms with E-state index in [1.807, 2.05) is 0 Å². The van der Waals surface area contributed by atoms with E-state index in [9.17, 15) is 4.79 Å². The molecule has 0 N–H and O–H groups in total. The van der Waals surface area contributed by atoms with Crippen molar-refractivity contribution in [3.05, 3.63) is 24.3 Å². The molecule has 0 fully saturated rings. The monoisotopic (exact) mass is 192 g/mol. The van der Waals surface area contributed by atoms with Crippen molar-refractivity contribution in [3.63, 3.8) is 0 Å². The standard InChI is InChI=1S/C11H16N2O/c1-11(2,3)6-4-10(14)9-5-7-12-8-13-9/h5,7-8H,4,6H2,1-3H3.